The normalized spacial score (nSPS) is 23.2. The van der Waals surface area contributed by atoms with Crippen molar-refractivity contribution in [1.29, 1.82) is 0 Å². The summed E-state index contributed by atoms with van der Waals surface area (Å²) >= 11 is 0. The first kappa shape index (κ1) is 15.3. The Bertz CT molecular complexity index is 542. The van der Waals surface area contributed by atoms with Gasteiger partial charge < -0.3 is 10.2 Å². The van der Waals surface area contributed by atoms with E-state index in [0.717, 1.165) is 32.5 Å². The van der Waals surface area contributed by atoms with Crippen LogP contribution in [0.3, 0.4) is 0 Å². The number of aromatic nitrogens is 2. The minimum Gasteiger partial charge on any atom is -0.351 e. The third-order valence-corrected chi connectivity index (χ3v) is 5.06. The van der Waals surface area contributed by atoms with Crippen LogP contribution in [0.4, 0.5) is 11.5 Å². The van der Waals surface area contributed by atoms with Crippen molar-refractivity contribution in [3.8, 4) is 0 Å². The molecule has 122 valence electrons. The maximum atomic E-state index is 11.4. The molecule has 3 rings (SSSR count). The molecule has 1 atom stereocenters. The number of anilines is 1. The Hall–Kier alpha value is -1.63. The van der Waals surface area contributed by atoms with Crippen molar-refractivity contribution in [3.05, 3.63) is 15.8 Å². The van der Waals surface area contributed by atoms with E-state index in [2.05, 4.69) is 15.3 Å². The van der Waals surface area contributed by atoms with Crippen LogP contribution in [-0.4, -0.2) is 40.4 Å². The molecule has 2 aliphatic rings. The lowest BCUT2D eigenvalue weighted by Gasteiger charge is -2.35. The molecular weight excluding hydrogens is 282 g/mol. The van der Waals surface area contributed by atoms with Crippen molar-refractivity contribution < 1.29 is 4.92 Å². The molecule has 1 aromatic rings. The molecule has 0 aromatic carbocycles. The molecular formula is C15H25N5O2. The van der Waals surface area contributed by atoms with Gasteiger partial charge in [0, 0.05) is 25.7 Å². The van der Waals surface area contributed by atoms with Gasteiger partial charge in [0.15, 0.2) is 0 Å². The predicted molar refractivity (Wildman–Crippen MR) is 85.3 cm³/mol. The van der Waals surface area contributed by atoms with Crippen molar-refractivity contribution in [1.82, 2.24) is 15.1 Å². The lowest BCUT2D eigenvalue weighted by molar-refractivity contribution is -0.384. The summed E-state index contributed by atoms with van der Waals surface area (Å²) in [7, 11) is 0. The van der Waals surface area contributed by atoms with Crippen LogP contribution in [0, 0.1) is 23.0 Å². The van der Waals surface area contributed by atoms with Gasteiger partial charge in [0.2, 0.25) is 5.82 Å². The molecule has 0 bridgehead atoms. The van der Waals surface area contributed by atoms with Crippen molar-refractivity contribution in [2.24, 2.45) is 5.92 Å². The van der Waals surface area contributed by atoms with Crippen LogP contribution in [0.25, 0.3) is 0 Å². The summed E-state index contributed by atoms with van der Waals surface area (Å²) in [6.45, 7) is 7.27. The molecule has 22 heavy (non-hydrogen) atoms. The fraction of sp³-hybridized carbons (Fsp3) is 0.800. The van der Waals surface area contributed by atoms with Gasteiger partial charge in [-0.3, -0.25) is 10.1 Å². The Kier molecular flexibility index (Phi) is 4.33. The SMILES string of the molecule is CCn1nc(C)c([N+](=O)[O-])c1N1CCC(C2CCCN2)CC1. The summed E-state index contributed by atoms with van der Waals surface area (Å²) in [5, 5.41) is 19.3. The molecule has 7 nitrogen and oxygen atoms in total. The molecule has 1 aromatic heterocycles. The molecule has 1 N–H and O–H groups in total. The second kappa shape index (κ2) is 6.24. The zero-order chi connectivity index (χ0) is 15.7. The van der Waals surface area contributed by atoms with E-state index in [0.29, 0.717) is 30.0 Å². The van der Waals surface area contributed by atoms with E-state index in [4.69, 9.17) is 0 Å². The first-order chi connectivity index (χ1) is 10.6. The number of nitrogens with one attached hydrogen (secondary N) is 1. The van der Waals surface area contributed by atoms with Crippen LogP contribution >= 0.6 is 0 Å². The van der Waals surface area contributed by atoms with Gasteiger partial charge in [0.25, 0.3) is 0 Å². The highest BCUT2D eigenvalue weighted by atomic mass is 16.6. The quantitative estimate of drug-likeness (QED) is 0.681. The van der Waals surface area contributed by atoms with Crippen LogP contribution in [0.15, 0.2) is 0 Å². The van der Waals surface area contributed by atoms with Crippen molar-refractivity contribution in [3.63, 3.8) is 0 Å². The van der Waals surface area contributed by atoms with Gasteiger partial charge in [-0.25, -0.2) is 4.68 Å². The smallest absolute Gasteiger partial charge is 0.333 e. The first-order valence-electron chi connectivity index (χ1n) is 8.32. The molecule has 0 aliphatic carbocycles. The summed E-state index contributed by atoms with van der Waals surface area (Å²) in [4.78, 5) is 13.3. The first-order valence-corrected chi connectivity index (χ1v) is 8.32. The molecule has 1 unspecified atom stereocenters. The second-order valence-electron chi connectivity index (χ2n) is 6.36. The zero-order valence-corrected chi connectivity index (χ0v) is 13.4. The van der Waals surface area contributed by atoms with Gasteiger partial charge in [-0.05, 0) is 52.0 Å². The lowest BCUT2D eigenvalue weighted by Crippen LogP contribution is -2.41. The highest BCUT2D eigenvalue weighted by molar-refractivity contribution is 5.61. The van der Waals surface area contributed by atoms with Gasteiger partial charge in [-0.2, -0.15) is 5.10 Å². The van der Waals surface area contributed by atoms with E-state index in [1.165, 1.54) is 12.8 Å². The minimum absolute atomic E-state index is 0.180. The third kappa shape index (κ3) is 2.69. The minimum atomic E-state index is -0.283. The zero-order valence-electron chi connectivity index (χ0n) is 13.4. The number of nitrogens with zero attached hydrogens (tertiary/aromatic N) is 4. The molecule has 2 saturated heterocycles. The Morgan fingerprint density at radius 1 is 1.36 bits per heavy atom. The fourth-order valence-electron chi connectivity index (χ4n) is 3.93. The molecule has 3 heterocycles. The number of hydrogen-bond donors (Lipinski definition) is 1. The lowest BCUT2D eigenvalue weighted by atomic mass is 9.88. The Labute approximate surface area is 130 Å². The van der Waals surface area contributed by atoms with Crippen LogP contribution in [0.1, 0.15) is 38.3 Å². The number of aryl methyl sites for hydroxylation is 2. The Morgan fingerprint density at radius 3 is 2.64 bits per heavy atom. The van der Waals surface area contributed by atoms with Gasteiger partial charge in [0.1, 0.15) is 5.69 Å². The Morgan fingerprint density at radius 2 is 2.09 bits per heavy atom. The van der Waals surface area contributed by atoms with Crippen LogP contribution in [0.5, 0.6) is 0 Å². The van der Waals surface area contributed by atoms with Crippen LogP contribution in [0.2, 0.25) is 0 Å². The second-order valence-corrected chi connectivity index (χ2v) is 6.36. The van der Waals surface area contributed by atoms with E-state index < -0.39 is 0 Å². The number of rotatable bonds is 4. The standard InChI is InChI=1S/C15H25N5O2/c1-3-19-15(14(20(21)22)11(2)17-19)18-9-6-12(7-10-18)13-5-4-8-16-13/h12-13,16H,3-10H2,1-2H3. The average Bonchev–Trinajstić information content (AvgIpc) is 3.14. The largest absolute Gasteiger partial charge is 0.351 e. The molecule has 2 fully saturated rings. The third-order valence-electron chi connectivity index (χ3n) is 5.06. The highest BCUT2D eigenvalue weighted by Gasteiger charge is 2.34. The molecule has 2 aliphatic heterocycles. The van der Waals surface area contributed by atoms with Gasteiger partial charge in [-0.15, -0.1) is 0 Å². The van der Waals surface area contributed by atoms with Crippen molar-refractivity contribution >= 4 is 11.5 Å². The predicted octanol–water partition coefficient (Wildman–Crippen LogP) is 2.09. The average molecular weight is 307 g/mol. The summed E-state index contributed by atoms with van der Waals surface area (Å²) in [6, 6.07) is 0.648. The molecule has 0 spiro atoms. The van der Waals surface area contributed by atoms with Crippen molar-refractivity contribution in [2.45, 2.75) is 52.1 Å². The van der Waals surface area contributed by atoms with Gasteiger partial charge in [-0.1, -0.05) is 0 Å². The molecule has 0 saturated carbocycles. The summed E-state index contributed by atoms with van der Waals surface area (Å²) in [5.41, 5.74) is 0.695. The van der Waals surface area contributed by atoms with E-state index in [9.17, 15) is 10.1 Å². The van der Waals surface area contributed by atoms with Gasteiger partial charge in [0.05, 0.1) is 4.92 Å². The maximum absolute atomic E-state index is 11.4. The Balaban J connectivity index is 1.76. The summed E-state index contributed by atoms with van der Waals surface area (Å²) in [5.74, 6) is 1.40. The molecule has 7 heteroatoms. The summed E-state index contributed by atoms with van der Waals surface area (Å²) < 4.78 is 1.78. The highest BCUT2D eigenvalue weighted by Crippen LogP contribution is 2.35. The van der Waals surface area contributed by atoms with E-state index >= 15 is 0 Å². The number of piperidine rings is 1. The van der Waals surface area contributed by atoms with Crippen molar-refractivity contribution in [2.75, 3.05) is 24.5 Å². The molecule has 0 amide bonds. The van der Waals surface area contributed by atoms with E-state index in [1.807, 2.05) is 6.92 Å². The fourth-order valence-corrected chi connectivity index (χ4v) is 3.93. The summed E-state index contributed by atoms with van der Waals surface area (Å²) in [6.07, 6.45) is 4.75. The van der Waals surface area contributed by atoms with Crippen LogP contribution in [-0.2, 0) is 6.54 Å². The van der Waals surface area contributed by atoms with E-state index in [-0.39, 0.29) is 10.6 Å². The van der Waals surface area contributed by atoms with E-state index in [1.54, 1.807) is 11.6 Å². The van der Waals surface area contributed by atoms with Gasteiger partial charge >= 0.3 is 5.69 Å². The molecule has 0 radical (unpaired) electrons. The van der Waals surface area contributed by atoms with Crippen LogP contribution < -0.4 is 10.2 Å². The maximum Gasteiger partial charge on any atom is 0.333 e. The number of nitro groups is 1. The topological polar surface area (TPSA) is 76.2 Å². The monoisotopic (exact) mass is 307 g/mol. The number of hydrogen-bond acceptors (Lipinski definition) is 5.